The largest absolute Gasteiger partial charge is 0.381 e. The van der Waals surface area contributed by atoms with Crippen molar-refractivity contribution in [2.24, 2.45) is 17.6 Å². The Hall–Kier alpha value is -0.610. The molecule has 1 unspecified atom stereocenters. The topological polar surface area (TPSA) is 64.3 Å². The summed E-state index contributed by atoms with van der Waals surface area (Å²) in [5.41, 5.74) is 5.88. The maximum absolute atomic E-state index is 11.7. The lowest BCUT2D eigenvalue weighted by Gasteiger charge is -2.24. The molecule has 1 rings (SSSR count). The Morgan fingerprint density at radius 2 is 2.12 bits per heavy atom. The predicted molar refractivity (Wildman–Crippen MR) is 63.7 cm³/mol. The highest BCUT2D eigenvalue weighted by Crippen LogP contribution is 2.18. The zero-order chi connectivity index (χ0) is 12.0. The van der Waals surface area contributed by atoms with Crippen molar-refractivity contribution in [2.45, 2.75) is 45.7 Å². The molecule has 0 bridgehead atoms. The first-order valence-electron chi connectivity index (χ1n) is 6.26. The third-order valence-electron chi connectivity index (χ3n) is 3.40. The standard InChI is InChI=1S/C12H24N2O2/c1-3-9(2)12(13)14-11(15)8-10-4-6-16-7-5-10/h9-10,12H,3-8,13H2,1-2H3,(H,14,15)/t9?,12-/m0/s1. The zero-order valence-electron chi connectivity index (χ0n) is 10.4. The number of carbonyl (C=O) groups excluding carboxylic acids is 1. The number of ether oxygens (including phenoxy) is 1. The molecule has 3 N–H and O–H groups in total. The summed E-state index contributed by atoms with van der Waals surface area (Å²) in [6, 6.07) is 0. The Bertz CT molecular complexity index is 209. The molecule has 1 aliphatic heterocycles. The molecule has 4 nitrogen and oxygen atoms in total. The highest BCUT2D eigenvalue weighted by atomic mass is 16.5. The molecule has 0 aliphatic carbocycles. The van der Waals surface area contributed by atoms with Gasteiger partial charge in [0, 0.05) is 19.6 Å². The van der Waals surface area contributed by atoms with Gasteiger partial charge in [-0.2, -0.15) is 0 Å². The Kier molecular flexibility index (Phi) is 5.77. The fraction of sp³-hybridized carbons (Fsp3) is 0.917. The van der Waals surface area contributed by atoms with Crippen LogP contribution in [0.5, 0.6) is 0 Å². The molecule has 0 aromatic rings. The van der Waals surface area contributed by atoms with E-state index in [-0.39, 0.29) is 12.1 Å². The molecule has 0 saturated carbocycles. The van der Waals surface area contributed by atoms with E-state index in [1.165, 1.54) is 0 Å². The van der Waals surface area contributed by atoms with Crippen molar-refractivity contribution in [1.29, 1.82) is 0 Å². The van der Waals surface area contributed by atoms with E-state index in [9.17, 15) is 4.79 Å². The second-order valence-electron chi connectivity index (χ2n) is 4.74. The molecule has 1 amide bonds. The minimum Gasteiger partial charge on any atom is -0.381 e. The highest BCUT2D eigenvalue weighted by Gasteiger charge is 2.19. The number of hydrogen-bond acceptors (Lipinski definition) is 3. The van der Waals surface area contributed by atoms with Crippen LogP contribution in [0.15, 0.2) is 0 Å². The summed E-state index contributed by atoms with van der Waals surface area (Å²) in [4.78, 5) is 11.7. The van der Waals surface area contributed by atoms with Crippen LogP contribution in [0.1, 0.15) is 39.5 Å². The quantitative estimate of drug-likeness (QED) is 0.696. The van der Waals surface area contributed by atoms with Crippen LogP contribution < -0.4 is 11.1 Å². The van der Waals surface area contributed by atoms with E-state index >= 15 is 0 Å². The normalized spacial score (nSPS) is 21.4. The van der Waals surface area contributed by atoms with Gasteiger partial charge in [0.05, 0.1) is 6.17 Å². The fourth-order valence-corrected chi connectivity index (χ4v) is 1.85. The molecule has 0 aromatic heterocycles. The number of amides is 1. The van der Waals surface area contributed by atoms with Crippen LogP contribution in [-0.4, -0.2) is 25.3 Å². The number of nitrogens with one attached hydrogen (secondary N) is 1. The summed E-state index contributed by atoms with van der Waals surface area (Å²) in [5, 5.41) is 2.88. The first-order valence-corrected chi connectivity index (χ1v) is 6.26. The molecule has 0 radical (unpaired) electrons. The highest BCUT2D eigenvalue weighted by molar-refractivity contribution is 5.76. The monoisotopic (exact) mass is 228 g/mol. The lowest BCUT2D eigenvalue weighted by atomic mass is 9.96. The molecule has 0 aromatic carbocycles. The minimum atomic E-state index is -0.211. The molecule has 1 aliphatic rings. The molecule has 0 spiro atoms. The lowest BCUT2D eigenvalue weighted by Crippen LogP contribution is -2.46. The summed E-state index contributed by atoms with van der Waals surface area (Å²) in [6.45, 7) is 5.71. The second kappa shape index (κ2) is 6.86. The Morgan fingerprint density at radius 3 is 2.69 bits per heavy atom. The first-order chi connectivity index (χ1) is 7.63. The molecule has 1 saturated heterocycles. The maximum Gasteiger partial charge on any atom is 0.221 e. The zero-order valence-corrected chi connectivity index (χ0v) is 10.4. The Balaban J connectivity index is 2.23. The average Bonchev–Trinajstić information content (AvgIpc) is 2.29. The second-order valence-corrected chi connectivity index (χ2v) is 4.74. The van der Waals surface area contributed by atoms with E-state index in [1.807, 2.05) is 0 Å². The molecule has 1 fully saturated rings. The van der Waals surface area contributed by atoms with Gasteiger partial charge in [0.2, 0.25) is 5.91 Å². The number of carbonyl (C=O) groups is 1. The molecule has 94 valence electrons. The van der Waals surface area contributed by atoms with Crippen molar-refractivity contribution < 1.29 is 9.53 Å². The van der Waals surface area contributed by atoms with Gasteiger partial charge in [-0.3, -0.25) is 4.79 Å². The van der Waals surface area contributed by atoms with Gasteiger partial charge in [0.1, 0.15) is 0 Å². The van der Waals surface area contributed by atoms with Crippen molar-refractivity contribution in [3.05, 3.63) is 0 Å². The Morgan fingerprint density at radius 1 is 1.50 bits per heavy atom. The third kappa shape index (κ3) is 4.49. The van der Waals surface area contributed by atoms with E-state index in [1.54, 1.807) is 0 Å². The molecule has 4 heteroatoms. The molecule has 16 heavy (non-hydrogen) atoms. The van der Waals surface area contributed by atoms with Crippen molar-refractivity contribution >= 4 is 5.91 Å². The van der Waals surface area contributed by atoms with Crippen LogP contribution in [0, 0.1) is 11.8 Å². The van der Waals surface area contributed by atoms with Gasteiger partial charge >= 0.3 is 0 Å². The van der Waals surface area contributed by atoms with Crippen molar-refractivity contribution in [3.8, 4) is 0 Å². The van der Waals surface area contributed by atoms with E-state index in [2.05, 4.69) is 19.2 Å². The summed E-state index contributed by atoms with van der Waals surface area (Å²) >= 11 is 0. The first kappa shape index (κ1) is 13.5. The summed E-state index contributed by atoms with van der Waals surface area (Å²) < 4.78 is 5.26. The third-order valence-corrected chi connectivity index (χ3v) is 3.40. The summed E-state index contributed by atoms with van der Waals surface area (Å²) in [7, 11) is 0. The van der Waals surface area contributed by atoms with Gasteiger partial charge < -0.3 is 15.8 Å². The molecule has 1 heterocycles. The van der Waals surface area contributed by atoms with Crippen LogP contribution in [0.25, 0.3) is 0 Å². The van der Waals surface area contributed by atoms with Gasteiger partial charge in [0.15, 0.2) is 0 Å². The SMILES string of the molecule is CCC(C)[C@@H](N)NC(=O)CC1CCOCC1. The number of rotatable bonds is 5. The lowest BCUT2D eigenvalue weighted by molar-refractivity contribution is -0.123. The van der Waals surface area contributed by atoms with Crippen LogP contribution in [0.3, 0.4) is 0 Å². The predicted octanol–water partition coefficient (Wildman–Crippen LogP) is 1.25. The average molecular weight is 228 g/mol. The van der Waals surface area contributed by atoms with E-state index in [4.69, 9.17) is 10.5 Å². The van der Waals surface area contributed by atoms with Crippen molar-refractivity contribution in [1.82, 2.24) is 5.32 Å². The van der Waals surface area contributed by atoms with Gasteiger partial charge in [-0.25, -0.2) is 0 Å². The number of hydrogen-bond donors (Lipinski definition) is 2. The van der Waals surface area contributed by atoms with Crippen LogP contribution in [0.2, 0.25) is 0 Å². The maximum atomic E-state index is 11.7. The summed E-state index contributed by atoms with van der Waals surface area (Å²) in [6.07, 6.45) is 3.35. The fourth-order valence-electron chi connectivity index (χ4n) is 1.85. The smallest absolute Gasteiger partial charge is 0.221 e. The van der Waals surface area contributed by atoms with Crippen LogP contribution >= 0.6 is 0 Å². The van der Waals surface area contributed by atoms with E-state index in [0.29, 0.717) is 18.3 Å². The molecular weight excluding hydrogens is 204 g/mol. The van der Waals surface area contributed by atoms with Gasteiger partial charge in [-0.1, -0.05) is 20.3 Å². The van der Waals surface area contributed by atoms with E-state index < -0.39 is 0 Å². The van der Waals surface area contributed by atoms with Crippen LogP contribution in [0.4, 0.5) is 0 Å². The Labute approximate surface area is 97.9 Å². The van der Waals surface area contributed by atoms with Crippen molar-refractivity contribution in [3.63, 3.8) is 0 Å². The summed E-state index contributed by atoms with van der Waals surface area (Å²) in [5.74, 6) is 0.885. The molecule has 2 atom stereocenters. The number of nitrogens with two attached hydrogens (primary N) is 1. The van der Waals surface area contributed by atoms with Gasteiger partial charge in [0.25, 0.3) is 0 Å². The van der Waals surface area contributed by atoms with Gasteiger partial charge in [-0.15, -0.1) is 0 Å². The van der Waals surface area contributed by atoms with E-state index in [0.717, 1.165) is 32.5 Å². The van der Waals surface area contributed by atoms with Crippen molar-refractivity contribution in [2.75, 3.05) is 13.2 Å². The van der Waals surface area contributed by atoms with Crippen LogP contribution in [-0.2, 0) is 9.53 Å². The van der Waals surface area contributed by atoms with Gasteiger partial charge in [-0.05, 0) is 24.7 Å². The molecular formula is C12H24N2O2. The minimum absolute atomic E-state index is 0.0831.